The molecular weight excluding hydrogens is 298 g/mol. The Morgan fingerprint density at radius 3 is 2.65 bits per heavy atom. The molecule has 1 N–H and O–H groups in total. The molecule has 3 heteroatoms. The number of nitrogens with one attached hydrogen (secondary N) is 1. The summed E-state index contributed by atoms with van der Waals surface area (Å²) in [6.07, 6.45) is 0. The maximum Gasteiger partial charge on any atom is 0.0487 e. The summed E-state index contributed by atoms with van der Waals surface area (Å²) in [5.41, 5.74) is 3.56. The van der Waals surface area contributed by atoms with Gasteiger partial charge in [-0.25, -0.2) is 0 Å². The molecule has 0 aliphatic heterocycles. The first kappa shape index (κ1) is 12.5. The van der Waals surface area contributed by atoms with Crippen molar-refractivity contribution in [1.82, 2.24) is 0 Å². The Morgan fingerprint density at radius 1 is 1.18 bits per heavy atom. The first-order chi connectivity index (χ1) is 8.16. The third-order valence-electron chi connectivity index (χ3n) is 2.65. The van der Waals surface area contributed by atoms with E-state index in [0.717, 1.165) is 21.7 Å². The van der Waals surface area contributed by atoms with Gasteiger partial charge in [-0.15, -0.1) is 0 Å². The molecule has 0 saturated carbocycles. The van der Waals surface area contributed by atoms with Crippen LogP contribution in [0, 0.1) is 6.92 Å². The van der Waals surface area contributed by atoms with Crippen LogP contribution in [0.15, 0.2) is 46.9 Å². The summed E-state index contributed by atoms with van der Waals surface area (Å²) in [6, 6.07) is 14.1. The molecule has 0 aliphatic rings. The van der Waals surface area contributed by atoms with Gasteiger partial charge >= 0.3 is 0 Å². The van der Waals surface area contributed by atoms with Crippen LogP contribution >= 0.6 is 27.5 Å². The molecule has 0 aliphatic carbocycles. The molecule has 0 fully saturated rings. The molecule has 1 nitrogen and oxygen atoms in total. The van der Waals surface area contributed by atoms with Crippen LogP contribution in [0.2, 0.25) is 5.02 Å². The van der Waals surface area contributed by atoms with Gasteiger partial charge in [0.05, 0.1) is 0 Å². The van der Waals surface area contributed by atoms with E-state index < -0.39 is 0 Å². The summed E-state index contributed by atoms with van der Waals surface area (Å²) in [5.74, 6) is 0. The van der Waals surface area contributed by atoms with Gasteiger partial charge in [-0.2, -0.15) is 0 Å². The maximum absolute atomic E-state index is 5.93. The number of hydrogen-bond donors (Lipinski definition) is 1. The van der Waals surface area contributed by atoms with Gasteiger partial charge in [-0.3, -0.25) is 0 Å². The van der Waals surface area contributed by atoms with E-state index >= 15 is 0 Å². The monoisotopic (exact) mass is 309 g/mol. The van der Waals surface area contributed by atoms with Gasteiger partial charge in [-0.05, 0) is 58.2 Å². The molecule has 0 amide bonds. The van der Waals surface area contributed by atoms with Crippen molar-refractivity contribution in [3.05, 3.63) is 63.1 Å². The summed E-state index contributed by atoms with van der Waals surface area (Å²) < 4.78 is 1.08. The van der Waals surface area contributed by atoms with E-state index in [-0.39, 0.29) is 0 Å². The summed E-state index contributed by atoms with van der Waals surface area (Å²) in [4.78, 5) is 0. The number of hydrogen-bond acceptors (Lipinski definition) is 1. The Morgan fingerprint density at radius 2 is 1.94 bits per heavy atom. The van der Waals surface area contributed by atoms with Crippen LogP contribution in [0.4, 0.5) is 5.69 Å². The van der Waals surface area contributed by atoms with Crippen LogP contribution in [0.3, 0.4) is 0 Å². The number of para-hydroxylation sites is 1. The molecule has 0 spiro atoms. The van der Waals surface area contributed by atoms with Gasteiger partial charge in [0.25, 0.3) is 0 Å². The van der Waals surface area contributed by atoms with Crippen LogP contribution in [0.1, 0.15) is 11.1 Å². The van der Waals surface area contributed by atoms with Gasteiger partial charge in [0.15, 0.2) is 0 Å². The smallest absolute Gasteiger partial charge is 0.0487 e. The number of rotatable bonds is 3. The molecule has 88 valence electrons. The molecule has 2 rings (SSSR count). The number of aryl methyl sites for hydroxylation is 1. The second kappa shape index (κ2) is 5.56. The van der Waals surface area contributed by atoms with Crippen molar-refractivity contribution in [3.63, 3.8) is 0 Å². The second-order valence-electron chi connectivity index (χ2n) is 3.90. The molecular formula is C14H13BrClN. The molecule has 0 saturated heterocycles. The van der Waals surface area contributed by atoms with Gasteiger partial charge in [0.2, 0.25) is 0 Å². The topological polar surface area (TPSA) is 12.0 Å². The highest BCUT2D eigenvalue weighted by Gasteiger charge is 2.01. The van der Waals surface area contributed by atoms with E-state index in [1.807, 2.05) is 30.3 Å². The van der Waals surface area contributed by atoms with Crippen molar-refractivity contribution >= 4 is 33.2 Å². The van der Waals surface area contributed by atoms with Crippen LogP contribution in [0.25, 0.3) is 0 Å². The van der Waals surface area contributed by atoms with Crippen LogP contribution in [0.5, 0.6) is 0 Å². The SMILES string of the molecule is Cc1cc(Cl)ccc1CNc1ccccc1Br. The lowest BCUT2D eigenvalue weighted by atomic mass is 10.1. The minimum atomic E-state index is 0.784. The molecule has 0 bridgehead atoms. The largest absolute Gasteiger partial charge is 0.380 e. The fourth-order valence-electron chi connectivity index (χ4n) is 1.65. The summed E-state index contributed by atoms with van der Waals surface area (Å²) >= 11 is 9.45. The Kier molecular flexibility index (Phi) is 4.08. The van der Waals surface area contributed by atoms with Crippen LogP contribution < -0.4 is 5.32 Å². The fraction of sp³-hybridized carbons (Fsp3) is 0.143. The maximum atomic E-state index is 5.93. The minimum Gasteiger partial charge on any atom is -0.380 e. The Balaban J connectivity index is 2.10. The lowest BCUT2D eigenvalue weighted by Crippen LogP contribution is -2.01. The van der Waals surface area contributed by atoms with Crippen molar-refractivity contribution in [2.75, 3.05) is 5.32 Å². The first-order valence-corrected chi connectivity index (χ1v) is 6.57. The molecule has 0 heterocycles. The molecule has 2 aromatic rings. The minimum absolute atomic E-state index is 0.784. The van der Waals surface area contributed by atoms with Crippen molar-refractivity contribution in [3.8, 4) is 0 Å². The number of halogens is 2. The highest BCUT2D eigenvalue weighted by Crippen LogP contribution is 2.23. The Hall–Kier alpha value is -0.990. The zero-order valence-electron chi connectivity index (χ0n) is 9.50. The van der Waals surface area contributed by atoms with Gasteiger partial charge in [0, 0.05) is 21.7 Å². The van der Waals surface area contributed by atoms with E-state index in [0.29, 0.717) is 0 Å². The van der Waals surface area contributed by atoms with Crippen molar-refractivity contribution in [1.29, 1.82) is 0 Å². The van der Waals surface area contributed by atoms with E-state index in [2.05, 4.69) is 40.3 Å². The van der Waals surface area contributed by atoms with Crippen LogP contribution in [-0.2, 0) is 6.54 Å². The number of benzene rings is 2. The van der Waals surface area contributed by atoms with E-state index in [1.54, 1.807) is 0 Å². The number of anilines is 1. The average Bonchev–Trinajstić information content (AvgIpc) is 2.30. The van der Waals surface area contributed by atoms with E-state index in [1.165, 1.54) is 11.1 Å². The van der Waals surface area contributed by atoms with Gasteiger partial charge in [0.1, 0.15) is 0 Å². The molecule has 0 unspecified atom stereocenters. The molecule has 17 heavy (non-hydrogen) atoms. The lowest BCUT2D eigenvalue weighted by molar-refractivity contribution is 1.12. The predicted molar refractivity (Wildman–Crippen MR) is 77.7 cm³/mol. The zero-order chi connectivity index (χ0) is 12.3. The van der Waals surface area contributed by atoms with Crippen molar-refractivity contribution in [2.24, 2.45) is 0 Å². The molecule has 2 aromatic carbocycles. The average molecular weight is 311 g/mol. The zero-order valence-corrected chi connectivity index (χ0v) is 11.8. The molecule has 0 atom stereocenters. The van der Waals surface area contributed by atoms with E-state index in [4.69, 9.17) is 11.6 Å². The summed E-state index contributed by atoms with van der Waals surface area (Å²) in [5, 5.41) is 4.18. The Bertz CT molecular complexity index is 525. The molecule has 0 aromatic heterocycles. The highest BCUT2D eigenvalue weighted by atomic mass is 79.9. The summed E-state index contributed by atoms with van der Waals surface area (Å²) in [7, 11) is 0. The van der Waals surface area contributed by atoms with Crippen molar-refractivity contribution in [2.45, 2.75) is 13.5 Å². The lowest BCUT2D eigenvalue weighted by Gasteiger charge is -2.10. The summed E-state index contributed by atoms with van der Waals surface area (Å²) in [6.45, 7) is 2.87. The fourth-order valence-corrected chi connectivity index (χ4v) is 2.30. The highest BCUT2D eigenvalue weighted by molar-refractivity contribution is 9.10. The third kappa shape index (κ3) is 3.24. The quantitative estimate of drug-likeness (QED) is 0.839. The second-order valence-corrected chi connectivity index (χ2v) is 5.19. The molecule has 0 radical (unpaired) electrons. The van der Waals surface area contributed by atoms with E-state index in [9.17, 15) is 0 Å². The van der Waals surface area contributed by atoms with Gasteiger partial charge < -0.3 is 5.32 Å². The first-order valence-electron chi connectivity index (χ1n) is 5.40. The Labute approximate surface area is 115 Å². The normalized spacial score (nSPS) is 10.3. The standard InChI is InChI=1S/C14H13BrClN/c1-10-8-12(16)7-6-11(10)9-17-14-5-3-2-4-13(14)15/h2-8,17H,9H2,1H3. The predicted octanol–water partition coefficient (Wildman–Crippen LogP) is 5.02. The van der Waals surface area contributed by atoms with Gasteiger partial charge in [-0.1, -0.05) is 29.8 Å². The van der Waals surface area contributed by atoms with Crippen LogP contribution in [-0.4, -0.2) is 0 Å². The van der Waals surface area contributed by atoms with Crippen molar-refractivity contribution < 1.29 is 0 Å². The third-order valence-corrected chi connectivity index (χ3v) is 3.57.